The monoisotopic (exact) mass is 559 g/mol. The molecule has 2 saturated heterocycles. The summed E-state index contributed by atoms with van der Waals surface area (Å²) in [5.74, 6) is -2.13. The zero-order valence-corrected chi connectivity index (χ0v) is 23.6. The fourth-order valence-corrected chi connectivity index (χ4v) is 6.81. The SMILES string of the molecule is CCCOC(=O)C1=C(S[C@@H]2CN[C@H](C(=O)Nc3cccc(C(=O)OCCC)c3)C2)[C@H](C)[C@@H]2[C@@H]([C@@H](C)O)C(=O)N12. The smallest absolute Gasteiger partial charge is 0.355 e. The molecule has 3 aliphatic rings. The second-order valence-corrected chi connectivity index (χ2v) is 11.6. The van der Waals surface area contributed by atoms with Crippen molar-refractivity contribution in [3.63, 3.8) is 0 Å². The normalized spacial score (nSPS) is 26.6. The van der Waals surface area contributed by atoms with Crippen LogP contribution in [0.15, 0.2) is 34.9 Å². The molecule has 0 unspecified atom stereocenters. The molecule has 0 bridgehead atoms. The molecule has 0 spiro atoms. The lowest BCUT2D eigenvalue weighted by Gasteiger charge is -2.46. The molecule has 3 N–H and O–H groups in total. The highest BCUT2D eigenvalue weighted by Gasteiger charge is 2.60. The van der Waals surface area contributed by atoms with E-state index in [2.05, 4.69) is 10.6 Å². The van der Waals surface area contributed by atoms with Crippen LogP contribution >= 0.6 is 11.8 Å². The fraction of sp³-hybridized carbons (Fsp3) is 0.571. The van der Waals surface area contributed by atoms with E-state index < -0.39 is 30.0 Å². The molecule has 0 aliphatic carbocycles. The zero-order chi connectivity index (χ0) is 28.3. The summed E-state index contributed by atoms with van der Waals surface area (Å²) in [5.41, 5.74) is 1.14. The Morgan fingerprint density at radius 2 is 1.87 bits per heavy atom. The number of hydrogen-bond donors (Lipinski definition) is 3. The number of aliphatic hydroxyl groups is 1. The van der Waals surface area contributed by atoms with Crippen molar-refractivity contribution < 1.29 is 33.8 Å². The van der Waals surface area contributed by atoms with E-state index in [1.807, 2.05) is 20.8 Å². The average molecular weight is 560 g/mol. The van der Waals surface area contributed by atoms with Crippen LogP contribution in [-0.4, -0.2) is 77.0 Å². The summed E-state index contributed by atoms with van der Waals surface area (Å²) in [4.78, 5) is 53.3. The summed E-state index contributed by atoms with van der Waals surface area (Å²) >= 11 is 1.50. The highest BCUT2D eigenvalue weighted by molar-refractivity contribution is 8.03. The third-order valence-electron chi connectivity index (χ3n) is 7.24. The maximum atomic E-state index is 13.0. The second kappa shape index (κ2) is 12.5. The highest BCUT2D eigenvalue weighted by atomic mass is 32.2. The molecular formula is C28H37N3O7S. The molecule has 2 amide bonds. The Labute approximate surface area is 232 Å². The summed E-state index contributed by atoms with van der Waals surface area (Å²) in [5, 5.41) is 16.3. The first-order valence-corrected chi connectivity index (χ1v) is 14.5. The number of thioether (sulfide) groups is 1. The van der Waals surface area contributed by atoms with Crippen molar-refractivity contribution in [2.75, 3.05) is 25.1 Å². The first-order valence-electron chi connectivity index (χ1n) is 13.6. The van der Waals surface area contributed by atoms with Gasteiger partial charge >= 0.3 is 11.9 Å². The van der Waals surface area contributed by atoms with Crippen molar-refractivity contribution in [3.05, 3.63) is 40.4 Å². The lowest BCUT2D eigenvalue weighted by molar-refractivity contribution is -0.164. The molecular weight excluding hydrogens is 522 g/mol. The number of β-lactam (4-membered cyclic amide) rings is 1. The van der Waals surface area contributed by atoms with Crippen molar-refractivity contribution in [3.8, 4) is 0 Å². The first-order chi connectivity index (χ1) is 18.7. The molecule has 212 valence electrons. The van der Waals surface area contributed by atoms with Crippen molar-refractivity contribution in [2.24, 2.45) is 11.8 Å². The van der Waals surface area contributed by atoms with Gasteiger partial charge in [-0.3, -0.25) is 9.59 Å². The summed E-state index contributed by atoms with van der Waals surface area (Å²) in [6.07, 6.45) is 1.09. The van der Waals surface area contributed by atoms with Crippen LogP contribution in [0, 0.1) is 11.8 Å². The number of amides is 2. The van der Waals surface area contributed by atoms with Crippen LogP contribution in [0.4, 0.5) is 5.69 Å². The number of fused-ring (bicyclic) bond motifs is 1. The van der Waals surface area contributed by atoms with Crippen LogP contribution in [-0.2, 0) is 23.9 Å². The molecule has 4 rings (SSSR count). The lowest BCUT2D eigenvalue weighted by Crippen LogP contribution is -2.63. The Bertz CT molecular complexity index is 1150. The average Bonchev–Trinajstić information content (AvgIpc) is 3.47. The largest absolute Gasteiger partial charge is 0.462 e. The van der Waals surface area contributed by atoms with Crippen LogP contribution < -0.4 is 10.6 Å². The predicted octanol–water partition coefficient (Wildman–Crippen LogP) is 2.68. The van der Waals surface area contributed by atoms with E-state index in [1.165, 1.54) is 16.7 Å². The minimum Gasteiger partial charge on any atom is -0.462 e. The van der Waals surface area contributed by atoms with Gasteiger partial charge in [0.15, 0.2) is 0 Å². The number of rotatable bonds is 11. The molecule has 3 aliphatic heterocycles. The molecule has 1 aromatic rings. The van der Waals surface area contributed by atoms with Crippen LogP contribution in [0.2, 0.25) is 0 Å². The first kappa shape index (κ1) is 29.1. The molecule has 6 atom stereocenters. The van der Waals surface area contributed by atoms with E-state index in [9.17, 15) is 24.3 Å². The zero-order valence-electron chi connectivity index (χ0n) is 22.8. The minimum atomic E-state index is -0.813. The third kappa shape index (κ3) is 6.00. The Morgan fingerprint density at radius 3 is 2.54 bits per heavy atom. The number of nitrogens with one attached hydrogen (secondary N) is 2. The van der Waals surface area contributed by atoms with Gasteiger partial charge in [0.1, 0.15) is 5.70 Å². The number of ether oxygens (including phenoxy) is 2. The molecule has 10 nitrogen and oxygen atoms in total. The summed E-state index contributed by atoms with van der Waals surface area (Å²) in [6.45, 7) is 8.51. The van der Waals surface area contributed by atoms with Gasteiger partial charge < -0.3 is 30.1 Å². The van der Waals surface area contributed by atoms with Gasteiger partial charge in [0, 0.05) is 28.3 Å². The van der Waals surface area contributed by atoms with Crippen LogP contribution in [0.5, 0.6) is 0 Å². The van der Waals surface area contributed by atoms with Gasteiger partial charge in [0.05, 0.1) is 42.9 Å². The molecule has 0 saturated carbocycles. The number of carbonyl (C=O) groups excluding carboxylic acids is 4. The maximum Gasteiger partial charge on any atom is 0.355 e. The van der Waals surface area contributed by atoms with Gasteiger partial charge in [-0.2, -0.15) is 0 Å². The van der Waals surface area contributed by atoms with Gasteiger partial charge in [0.2, 0.25) is 11.8 Å². The number of nitrogens with zero attached hydrogens (tertiary/aromatic N) is 1. The molecule has 0 radical (unpaired) electrons. The standard InChI is InChI=1S/C28H37N3O7S/c1-5-10-37-27(35)17-8-7-9-18(12-17)30-25(33)20-13-19(14-29-20)39-24-15(3)22-21(16(4)32)26(34)31(22)23(24)28(36)38-11-6-2/h7-9,12,15-16,19-22,29,32H,5-6,10-11,13-14H2,1-4H3,(H,30,33)/t15-,16-,19+,20+,21-,22-/m1/s1. The Hall–Kier alpha value is -2.89. The number of aliphatic hydroxyl groups excluding tert-OH is 1. The number of benzene rings is 1. The van der Waals surface area contributed by atoms with Gasteiger partial charge in [-0.15, -0.1) is 11.8 Å². The topological polar surface area (TPSA) is 134 Å². The van der Waals surface area contributed by atoms with Crippen molar-refractivity contribution >= 4 is 41.2 Å². The molecule has 39 heavy (non-hydrogen) atoms. The molecule has 1 aromatic carbocycles. The summed E-state index contributed by atoms with van der Waals surface area (Å²) < 4.78 is 10.6. The summed E-state index contributed by atoms with van der Waals surface area (Å²) in [7, 11) is 0. The third-order valence-corrected chi connectivity index (χ3v) is 8.75. The van der Waals surface area contributed by atoms with Gasteiger partial charge in [-0.25, -0.2) is 9.59 Å². The van der Waals surface area contributed by atoms with E-state index in [0.29, 0.717) is 37.2 Å². The van der Waals surface area contributed by atoms with Gasteiger partial charge in [-0.05, 0) is 44.4 Å². The lowest BCUT2D eigenvalue weighted by atomic mass is 9.79. The fourth-order valence-electron chi connectivity index (χ4n) is 5.34. The van der Waals surface area contributed by atoms with Gasteiger partial charge in [0.25, 0.3) is 0 Å². The Kier molecular flexibility index (Phi) is 9.35. The van der Waals surface area contributed by atoms with E-state index >= 15 is 0 Å². The van der Waals surface area contributed by atoms with Crippen molar-refractivity contribution in [2.45, 2.75) is 70.4 Å². The van der Waals surface area contributed by atoms with Crippen LogP contribution in [0.3, 0.4) is 0 Å². The van der Waals surface area contributed by atoms with Crippen molar-refractivity contribution in [1.82, 2.24) is 10.2 Å². The molecule has 2 fully saturated rings. The molecule has 0 aromatic heterocycles. The Balaban J connectivity index is 1.43. The number of carbonyl (C=O) groups is 4. The van der Waals surface area contributed by atoms with Crippen LogP contribution in [0.25, 0.3) is 0 Å². The number of esters is 2. The number of hydrogen-bond acceptors (Lipinski definition) is 9. The van der Waals surface area contributed by atoms with Crippen LogP contribution in [0.1, 0.15) is 57.3 Å². The maximum absolute atomic E-state index is 13.0. The van der Waals surface area contributed by atoms with Crippen molar-refractivity contribution in [1.29, 1.82) is 0 Å². The van der Waals surface area contributed by atoms with E-state index in [0.717, 1.165) is 11.3 Å². The van der Waals surface area contributed by atoms with Gasteiger partial charge in [-0.1, -0.05) is 26.8 Å². The quantitative estimate of drug-likeness (QED) is 0.276. The van der Waals surface area contributed by atoms with E-state index in [-0.39, 0.29) is 41.3 Å². The van der Waals surface area contributed by atoms with E-state index in [4.69, 9.17) is 9.47 Å². The van der Waals surface area contributed by atoms with E-state index in [1.54, 1.807) is 31.2 Å². The molecule has 11 heteroatoms. The molecule has 3 heterocycles. The highest BCUT2D eigenvalue weighted by Crippen LogP contribution is 2.52. The number of anilines is 1. The Morgan fingerprint density at radius 1 is 1.18 bits per heavy atom. The second-order valence-electron chi connectivity index (χ2n) is 10.2. The summed E-state index contributed by atoms with van der Waals surface area (Å²) in [6, 6.07) is 5.90. The predicted molar refractivity (Wildman–Crippen MR) is 147 cm³/mol. The minimum absolute atomic E-state index is 0.0127.